The van der Waals surface area contributed by atoms with Crippen molar-refractivity contribution in [3.05, 3.63) is 41.0 Å². The first-order valence-corrected chi connectivity index (χ1v) is 5.39. The Balaban J connectivity index is 2.60. The zero-order valence-corrected chi connectivity index (χ0v) is 9.35. The summed E-state index contributed by atoms with van der Waals surface area (Å²) in [6.07, 6.45) is 2.48. The molecular weight excluding hydrogens is 168 g/mol. The third-order valence-corrected chi connectivity index (χ3v) is 3.39. The van der Waals surface area contributed by atoms with E-state index in [1.807, 2.05) is 0 Å². The van der Waals surface area contributed by atoms with Crippen molar-refractivity contribution in [3.8, 4) is 0 Å². The van der Waals surface area contributed by atoms with Crippen LogP contribution in [-0.4, -0.2) is 0 Å². The summed E-state index contributed by atoms with van der Waals surface area (Å²) in [5, 5.41) is 0. The van der Waals surface area contributed by atoms with Crippen LogP contribution in [0.25, 0.3) is 5.57 Å². The highest BCUT2D eigenvalue weighted by atomic mass is 14.2. The Morgan fingerprint density at radius 2 is 2.00 bits per heavy atom. The fraction of sp³-hybridized carbons (Fsp3) is 0.429. The van der Waals surface area contributed by atoms with Crippen molar-refractivity contribution < 1.29 is 0 Å². The maximum atomic E-state index is 4.22. The van der Waals surface area contributed by atoms with Gasteiger partial charge in [0, 0.05) is 0 Å². The van der Waals surface area contributed by atoms with Crippen molar-refractivity contribution in [2.24, 2.45) is 5.92 Å². The van der Waals surface area contributed by atoms with E-state index in [-0.39, 0.29) is 0 Å². The SMILES string of the molecule is C=C1c2cc(C)cc(C)c2CCC1C. The summed E-state index contributed by atoms with van der Waals surface area (Å²) in [4.78, 5) is 0. The maximum Gasteiger partial charge on any atom is -0.0187 e. The van der Waals surface area contributed by atoms with Gasteiger partial charge in [-0.25, -0.2) is 0 Å². The van der Waals surface area contributed by atoms with Gasteiger partial charge in [0.15, 0.2) is 0 Å². The Hall–Kier alpha value is -1.04. The van der Waals surface area contributed by atoms with Gasteiger partial charge in [0.05, 0.1) is 0 Å². The summed E-state index contributed by atoms with van der Waals surface area (Å²) in [6.45, 7) is 10.9. The molecule has 0 spiro atoms. The lowest BCUT2D eigenvalue weighted by Gasteiger charge is -2.26. The van der Waals surface area contributed by atoms with E-state index in [1.165, 1.54) is 40.7 Å². The Morgan fingerprint density at radius 1 is 1.29 bits per heavy atom. The van der Waals surface area contributed by atoms with Gasteiger partial charge in [-0.3, -0.25) is 0 Å². The van der Waals surface area contributed by atoms with Crippen molar-refractivity contribution in [1.29, 1.82) is 0 Å². The lowest BCUT2D eigenvalue weighted by atomic mass is 9.79. The molecule has 1 aromatic carbocycles. The predicted molar refractivity (Wildman–Crippen MR) is 62.4 cm³/mol. The fourth-order valence-corrected chi connectivity index (χ4v) is 2.42. The second-order valence-corrected chi connectivity index (χ2v) is 4.57. The molecule has 1 aromatic rings. The highest BCUT2D eigenvalue weighted by Crippen LogP contribution is 2.35. The number of benzene rings is 1. The van der Waals surface area contributed by atoms with Crippen LogP contribution in [0.3, 0.4) is 0 Å². The number of aryl methyl sites for hydroxylation is 2. The highest BCUT2D eigenvalue weighted by Gasteiger charge is 2.20. The zero-order valence-electron chi connectivity index (χ0n) is 9.35. The molecule has 0 heterocycles. The molecule has 1 aliphatic rings. The third kappa shape index (κ3) is 1.39. The van der Waals surface area contributed by atoms with Crippen LogP contribution in [0, 0.1) is 19.8 Å². The largest absolute Gasteiger partial charge is 0.0950 e. The number of hydrogen-bond acceptors (Lipinski definition) is 0. The summed E-state index contributed by atoms with van der Waals surface area (Å²) >= 11 is 0. The van der Waals surface area contributed by atoms with Crippen molar-refractivity contribution in [2.75, 3.05) is 0 Å². The second kappa shape index (κ2) is 3.27. The molecule has 0 fully saturated rings. The van der Waals surface area contributed by atoms with Crippen LogP contribution in [0.2, 0.25) is 0 Å². The average molecular weight is 186 g/mol. The average Bonchev–Trinajstić information content (AvgIpc) is 2.12. The van der Waals surface area contributed by atoms with E-state index in [0.717, 1.165) is 0 Å². The van der Waals surface area contributed by atoms with Gasteiger partial charge in [0.2, 0.25) is 0 Å². The van der Waals surface area contributed by atoms with Crippen molar-refractivity contribution in [3.63, 3.8) is 0 Å². The second-order valence-electron chi connectivity index (χ2n) is 4.57. The minimum absolute atomic E-state index is 0.656. The van der Waals surface area contributed by atoms with Crippen LogP contribution in [0.15, 0.2) is 18.7 Å². The number of rotatable bonds is 0. The van der Waals surface area contributed by atoms with Gasteiger partial charge in [0.1, 0.15) is 0 Å². The fourth-order valence-electron chi connectivity index (χ4n) is 2.42. The molecule has 0 N–H and O–H groups in total. The first kappa shape index (κ1) is 9.51. The standard InChI is InChI=1S/C14H18/c1-9-7-11(3)13-6-5-10(2)12(4)14(13)8-9/h7-8,10H,4-6H2,1-3H3. The van der Waals surface area contributed by atoms with Gasteiger partial charge in [-0.1, -0.05) is 31.2 Å². The van der Waals surface area contributed by atoms with E-state index in [4.69, 9.17) is 0 Å². The van der Waals surface area contributed by atoms with Crippen molar-refractivity contribution in [1.82, 2.24) is 0 Å². The van der Waals surface area contributed by atoms with Gasteiger partial charge < -0.3 is 0 Å². The molecule has 0 heteroatoms. The van der Waals surface area contributed by atoms with E-state index < -0.39 is 0 Å². The van der Waals surface area contributed by atoms with E-state index in [0.29, 0.717) is 5.92 Å². The lowest BCUT2D eigenvalue weighted by molar-refractivity contribution is 0.641. The topological polar surface area (TPSA) is 0 Å². The van der Waals surface area contributed by atoms with Crippen molar-refractivity contribution in [2.45, 2.75) is 33.6 Å². The van der Waals surface area contributed by atoms with Crippen LogP contribution in [0.4, 0.5) is 0 Å². The monoisotopic (exact) mass is 186 g/mol. The summed E-state index contributed by atoms with van der Waals surface area (Å²) in [7, 11) is 0. The normalized spacial score (nSPS) is 20.8. The van der Waals surface area contributed by atoms with E-state index in [1.54, 1.807) is 0 Å². The summed E-state index contributed by atoms with van der Waals surface area (Å²) in [5.74, 6) is 0.656. The molecule has 2 rings (SSSR count). The molecule has 0 bridgehead atoms. The van der Waals surface area contributed by atoms with Gasteiger partial charge in [-0.2, -0.15) is 0 Å². The number of allylic oxidation sites excluding steroid dienone is 1. The maximum absolute atomic E-state index is 4.22. The molecular formula is C14H18. The molecule has 0 radical (unpaired) electrons. The number of fused-ring (bicyclic) bond motifs is 1. The van der Waals surface area contributed by atoms with Crippen LogP contribution in [-0.2, 0) is 6.42 Å². The molecule has 14 heavy (non-hydrogen) atoms. The van der Waals surface area contributed by atoms with Gasteiger partial charge >= 0.3 is 0 Å². The Labute approximate surface area is 86.7 Å². The molecule has 0 saturated heterocycles. The smallest absolute Gasteiger partial charge is 0.0187 e. The quantitative estimate of drug-likeness (QED) is 0.576. The summed E-state index contributed by atoms with van der Waals surface area (Å²) in [5.41, 5.74) is 7.07. The zero-order chi connectivity index (χ0) is 10.3. The molecule has 0 aliphatic heterocycles. The first-order chi connectivity index (χ1) is 6.59. The van der Waals surface area contributed by atoms with Crippen LogP contribution in [0.5, 0.6) is 0 Å². The predicted octanol–water partition coefficient (Wildman–Crippen LogP) is 3.90. The van der Waals surface area contributed by atoms with Crippen molar-refractivity contribution >= 4 is 5.57 Å². The summed E-state index contributed by atoms with van der Waals surface area (Å²) < 4.78 is 0. The van der Waals surface area contributed by atoms with Gasteiger partial charge in [-0.15, -0.1) is 0 Å². The van der Waals surface area contributed by atoms with Crippen LogP contribution >= 0.6 is 0 Å². The Morgan fingerprint density at radius 3 is 2.71 bits per heavy atom. The molecule has 1 aliphatic carbocycles. The summed E-state index contributed by atoms with van der Waals surface area (Å²) in [6, 6.07) is 4.57. The lowest BCUT2D eigenvalue weighted by Crippen LogP contribution is -2.11. The Kier molecular flexibility index (Phi) is 2.22. The number of hydrogen-bond donors (Lipinski definition) is 0. The minimum atomic E-state index is 0.656. The molecule has 0 nitrogen and oxygen atoms in total. The molecule has 74 valence electrons. The molecule has 1 unspecified atom stereocenters. The molecule has 0 aromatic heterocycles. The van der Waals surface area contributed by atoms with Crippen LogP contribution in [0.1, 0.15) is 35.6 Å². The Bertz CT molecular complexity index is 385. The third-order valence-electron chi connectivity index (χ3n) is 3.39. The van der Waals surface area contributed by atoms with E-state index in [9.17, 15) is 0 Å². The van der Waals surface area contributed by atoms with Gasteiger partial charge in [0.25, 0.3) is 0 Å². The molecule has 1 atom stereocenters. The minimum Gasteiger partial charge on any atom is -0.0950 e. The molecule has 0 amide bonds. The van der Waals surface area contributed by atoms with Crippen LogP contribution < -0.4 is 0 Å². The van der Waals surface area contributed by atoms with E-state index in [2.05, 4.69) is 39.5 Å². The highest BCUT2D eigenvalue weighted by molar-refractivity contribution is 5.71. The van der Waals surface area contributed by atoms with E-state index >= 15 is 0 Å². The first-order valence-electron chi connectivity index (χ1n) is 5.39. The van der Waals surface area contributed by atoms with Gasteiger partial charge in [-0.05, 0) is 54.9 Å². The molecule has 0 saturated carbocycles.